The maximum Gasteiger partial charge on any atom is 0.253 e. The molecule has 0 saturated heterocycles. The molecule has 0 fully saturated rings. The molecule has 0 aliphatic heterocycles. The van der Waals surface area contributed by atoms with Crippen LogP contribution >= 0.6 is 24.0 Å². The number of nitrogens with one attached hydrogen (secondary N) is 2. The monoisotopic (exact) mass is 333 g/mol. The highest BCUT2D eigenvalue weighted by Gasteiger charge is 2.13. The third kappa shape index (κ3) is 6.80. The Morgan fingerprint density at radius 1 is 1.38 bits per heavy atom. The van der Waals surface area contributed by atoms with E-state index in [1.54, 1.807) is 12.1 Å². The zero-order valence-electron chi connectivity index (χ0n) is 12.1. The van der Waals surface area contributed by atoms with Crippen molar-refractivity contribution in [3.8, 4) is 0 Å². The van der Waals surface area contributed by atoms with Crippen LogP contribution in [0.1, 0.15) is 37.0 Å². The Labute approximate surface area is 136 Å². The SMILES string of the molecule is CCNC(=O)c1cc(Cl)ccc1NC(=O)CCC(C)N.Cl. The van der Waals surface area contributed by atoms with Gasteiger partial charge < -0.3 is 16.4 Å². The molecule has 1 unspecified atom stereocenters. The van der Waals surface area contributed by atoms with Gasteiger partial charge >= 0.3 is 0 Å². The van der Waals surface area contributed by atoms with Crippen LogP contribution in [-0.4, -0.2) is 24.4 Å². The zero-order valence-corrected chi connectivity index (χ0v) is 13.7. The fourth-order valence-electron chi connectivity index (χ4n) is 1.64. The number of benzene rings is 1. The van der Waals surface area contributed by atoms with Crippen LogP contribution in [0.3, 0.4) is 0 Å². The Morgan fingerprint density at radius 2 is 2.05 bits per heavy atom. The van der Waals surface area contributed by atoms with E-state index in [9.17, 15) is 9.59 Å². The summed E-state index contributed by atoms with van der Waals surface area (Å²) in [4.78, 5) is 23.7. The summed E-state index contributed by atoms with van der Waals surface area (Å²) in [6.45, 7) is 4.17. The Kier molecular flexibility index (Phi) is 9.01. The number of halogens is 2. The molecule has 0 heterocycles. The van der Waals surface area contributed by atoms with Crippen molar-refractivity contribution in [3.05, 3.63) is 28.8 Å². The van der Waals surface area contributed by atoms with E-state index in [-0.39, 0.29) is 30.3 Å². The number of carbonyl (C=O) groups excluding carboxylic acids is 2. The number of rotatable bonds is 6. The largest absolute Gasteiger partial charge is 0.352 e. The molecule has 21 heavy (non-hydrogen) atoms. The molecule has 1 aromatic rings. The predicted molar refractivity (Wildman–Crippen MR) is 88.2 cm³/mol. The van der Waals surface area contributed by atoms with Gasteiger partial charge in [-0.15, -0.1) is 12.4 Å². The number of hydrogen-bond donors (Lipinski definition) is 3. The van der Waals surface area contributed by atoms with Crippen molar-refractivity contribution in [1.29, 1.82) is 0 Å². The van der Waals surface area contributed by atoms with Crippen molar-refractivity contribution in [2.24, 2.45) is 5.73 Å². The highest BCUT2D eigenvalue weighted by atomic mass is 35.5. The predicted octanol–water partition coefficient (Wildman–Crippen LogP) is 2.58. The first kappa shape index (κ1) is 19.7. The molecule has 0 aromatic heterocycles. The molecular formula is C14H21Cl2N3O2. The van der Waals surface area contributed by atoms with Gasteiger partial charge in [-0.2, -0.15) is 0 Å². The van der Waals surface area contributed by atoms with Crippen molar-refractivity contribution < 1.29 is 9.59 Å². The molecule has 118 valence electrons. The molecule has 0 saturated carbocycles. The van der Waals surface area contributed by atoms with Crippen LogP contribution < -0.4 is 16.4 Å². The quantitative estimate of drug-likeness (QED) is 0.748. The van der Waals surface area contributed by atoms with Crippen molar-refractivity contribution >= 4 is 41.5 Å². The van der Waals surface area contributed by atoms with Gasteiger partial charge in [0.05, 0.1) is 11.3 Å². The van der Waals surface area contributed by atoms with Crippen LogP contribution in [0.5, 0.6) is 0 Å². The number of carbonyl (C=O) groups is 2. The molecule has 0 bridgehead atoms. The summed E-state index contributed by atoms with van der Waals surface area (Å²) in [5.41, 5.74) is 6.42. The average molecular weight is 334 g/mol. The summed E-state index contributed by atoms with van der Waals surface area (Å²) in [7, 11) is 0. The van der Waals surface area contributed by atoms with E-state index < -0.39 is 0 Å². The Morgan fingerprint density at radius 3 is 2.62 bits per heavy atom. The van der Waals surface area contributed by atoms with Gasteiger partial charge in [0.1, 0.15) is 0 Å². The summed E-state index contributed by atoms with van der Waals surface area (Å²) in [5.74, 6) is -0.437. The minimum absolute atomic E-state index is 0. The van der Waals surface area contributed by atoms with Crippen LogP contribution in [0, 0.1) is 0 Å². The summed E-state index contributed by atoms with van der Waals surface area (Å²) in [5, 5.41) is 5.85. The third-order valence-corrected chi connectivity index (χ3v) is 2.90. The van der Waals surface area contributed by atoms with Crippen molar-refractivity contribution in [2.75, 3.05) is 11.9 Å². The van der Waals surface area contributed by atoms with E-state index in [2.05, 4.69) is 10.6 Å². The highest BCUT2D eigenvalue weighted by molar-refractivity contribution is 6.31. The fourth-order valence-corrected chi connectivity index (χ4v) is 1.81. The molecule has 0 spiro atoms. The van der Waals surface area contributed by atoms with Crippen LogP contribution in [0.4, 0.5) is 5.69 Å². The van der Waals surface area contributed by atoms with Crippen molar-refractivity contribution in [3.63, 3.8) is 0 Å². The lowest BCUT2D eigenvalue weighted by molar-refractivity contribution is -0.116. The molecule has 2 amide bonds. The smallest absolute Gasteiger partial charge is 0.253 e. The lowest BCUT2D eigenvalue weighted by Crippen LogP contribution is -2.25. The van der Waals surface area contributed by atoms with Gasteiger partial charge in [0.2, 0.25) is 5.91 Å². The van der Waals surface area contributed by atoms with E-state index >= 15 is 0 Å². The summed E-state index contributed by atoms with van der Waals surface area (Å²) in [6.07, 6.45) is 0.908. The lowest BCUT2D eigenvalue weighted by atomic mass is 10.1. The third-order valence-electron chi connectivity index (χ3n) is 2.66. The first-order valence-electron chi connectivity index (χ1n) is 6.57. The number of amides is 2. The normalized spacial score (nSPS) is 11.2. The van der Waals surface area contributed by atoms with E-state index in [0.717, 1.165) is 0 Å². The second-order valence-electron chi connectivity index (χ2n) is 4.61. The second kappa shape index (κ2) is 9.60. The van der Waals surface area contributed by atoms with Crippen molar-refractivity contribution in [1.82, 2.24) is 5.32 Å². The average Bonchev–Trinajstić information content (AvgIpc) is 2.38. The molecule has 0 aliphatic carbocycles. The maximum absolute atomic E-state index is 11.9. The maximum atomic E-state index is 11.9. The molecule has 1 aromatic carbocycles. The first-order chi connectivity index (χ1) is 9.43. The number of nitrogens with two attached hydrogens (primary N) is 1. The van der Waals surface area contributed by atoms with Gasteiger partial charge in [0, 0.05) is 24.0 Å². The number of anilines is 1. The Balaban J connectivity index is 0.00000400. The molecule has 7 heteroatoms. The van der Waals surface area contributed by atoms with Gasteiger partial charge in [-0.05, 0) is 38.5 Å². The fraction of sp³-hybridized carbons (Fsp3) is 0.429. The topological polar surface area (TPSA) is 84.2 Å². The van der Waals surface area contributed by atoms with E-state index in [4.69, 9.17) is 17.3 Å². The van der Waals surface area contributed by atoms with Crippen LogP contribution in [-0.2, 0) is 4.79 Å². The molecule has 0 radical (unpaired) electrons. The summed E-state index contributed by atoms with van der Waals surface area (Å²) >= 11 is 5.89. The van der Waals surface area contributed by atoms with Gasteiger partial charge in [-0.25, -0.2) is 0 Å². The van der Waals surface area contributed by atoms with Gasteiger partial charge in [0.15, 0.2) is 0 Å². The molecule has 4 N–H and O–H groups in total. The molecule has 1 rings (SSSR count). The summed E-state index contributed by atoms with van der Waals surface area (Å²) < 4.78 is 0. The van der Waals surface area contributed by atoms with Gasteiger partial charge in [-0.1, -0.05) is 11.6 Å². The van der Waals surface area contributed by atoms with E-state index in [1.807, 2.05) is 13.8 Å². The van der Waals surface area contributed by atoms with Crippen LogP contribution in [0.25, 0.3) is 0 Å². The second-order valence-corrected chi connectivity index (χ2v) is 5.05. The standard InChI is InChI=1S/C14H20ClN3O2.ClH/c1-3-17-14(20)11-8-10(15)5-6-12(11)18-13(19)7-4-9(2)16;/h5-6,8-9H,3-4,7,16H2,1-2H3,(H,17,20)(H,18,19);1H. The first-order valence-corrected chi connectivity index (χ1v) is 6.95. The molecule has 1 atom stereocenters. The highest BCUT2D eigenvalue weighted by Crippen LogP contribution is 2.21. The van der Waals surface area contributed by atoms with Gasteiger partial charge in [0.25, 0.3) is 5.91 Å². The summed E-state index contributed by atoms with van der Waals surface area (Å²) in [6, 6.07) is 4.75. The minimum atomic E-state index is -0.266. The van der Waals surface area contributed by atoms with Crippen molar-refractivity contribution in [2.45, 2.75) is 32.7 Å². The Bertz CT molecular complexity index is 493. The van der Waals surface area contributed by atoms with Crippen LogP contribution in [0.15, 0.2) is 18.2 Å². The molecule has 5 nitrogen and oxygen atoms in total. The van der Waals surface area contributed by atoms with Crippen LogP contribution in [0.2, 0.25) is 5.02 Å². The molecule has 0 aliphatic rings. The minimum Gasteiger partial charge on any atom is -0.352 e. The zero-order chi connectivity index (χ0) is 15.1. The van der Waals surface area contributed by atoms with E-state index in [1.165, 1.54) is 6.07 Å². The molecular weight excluding hydrogens is 313 g/mol. The number of hydrogen-bond acceptors (Lipinski definition) is 3. The Hall–Kier alpha value is -1.30. The van der Waals surface area contributed by atoms with Gasteiger partial charge in [-0.3, -0.25) is 9.59 Å². The van der Waals surface area contributed by atoms with E-state index in [0.29, 0.717) is 35.7 Å². The lowest BCUT2D eigenvalue weighted by Gasteiger charge is -2.12.